The number of rotatable bonds is 7. The lowest BCUT2D eigenvalue weighted by atomic mass is 10.1. The molecule has 0 aliphatic carbocycles. The Morgan fingerprint density at radius 1 is 1.03 bits per heavy atom. The van der Waals surface area contributed by atoms with Gasteiger partial charge in [0.05, 0.1) is 16.0 Å². The number of nitrogens with zero attached hydrogens (tertiary/aromatic N) is 4. The second-order valence-electron chi connectivity index (χ2n) is 8.74. The van der Waals surface area contributed by atoms with Gasteiger partial charge >= 0.3 is 0 Å². The minimum Gasteiger partial charge on any atom is -0.369 e. The van der Waals surface area contributed by atoms with Crippen LogP contribution in [0.15, 0.2) is 60.7 Å². The summed E-state index contributed by atoms with van der Waals surface area (Å²) < 4.78 is 0. The number of para-hydroxylation sites is 1. The van der Waals surface area contributed by atoms with Gasteiger partial charge in [0.15, 0.2) is 0 Å². The molecule has 0 radical (unpaired) electrons. The summed E-state index contributed by atoms with van der Waals surface area (Å²) in [5.74, 6) is 0.0215. The number of anilines is 3. The third-order valence-corrected chi connectivity index (χ3v) is 7.36. The molecule has 36 heavy (non-hydrogen) atoms. The highest BCUT2D eigenvalue weighted by Crippen LogP contribution is 2.30. The van der Waals surface area contributed by atoms with E-state index in [2.05, 4.69) is 37.8 Å². The average Bonchev–Trinajstić information content (AvgIpc) is 3.50. The van der Waals surface area contributed by atoms with Crippen LogP contribution in [0.4, 0.5) is 17.2 Å². The monoisotopic (exact) mass is 503 g/mol. The van der Waals surface area contributed by atoms with Gasteiger partial charge in [-0.1, -0.05) is 18.2 Å². The average molecular weight is 504 g/mol. The molecular formula is C26H29N7O2S. The van der Waals surface area contributed by atoms with Gasteiger partial charge in [-0.25, -0.2) is 0 Å². The molecule has 2 aromatic carbocycles. The fourth-order valence-electron chi connectivity index (χ4n) is 4.20. The number of hydrogen-bond donors (Lipinski definition) is 3. The summed E-state index contributed by atoms with van der Waals surface area (Å²) in [6.07, 6.45) is 0. The molecular weight excluding hydrogens is 474 g/mol. The van der Waals surface area contributed by atoms with Crippen LogP contribution in [0.1, 0.15) is 27.0 Å². The second kappa shape index (κ2) is 10.4. The van der Waals surface area contributed by atoms with Crippen LogP contribution in [0.3, 0.4) is 0 Å². The quantitative estimate of drug-likeness (QED) is 0.332. The first-order valence-corrected chi connectivity index (χ1v) is 12.8. The molecule has 1 fully saturated rings. The number of amides is 2. The molecule has 0 bridgehead atoms. The predicted molar refractivity (Wildman–Crippen MR) is 145 cm³/mol. The van der Waals surface area contributed by atoms with E-state index in [0.717, 1.165) is 37.6 Å². The van der Waals surface area contributed by atoms with E-state index in [-0.39, 0.29) is 11.8 Å². The van der Waals surface area contributed by atoms with Crippen molar-refractivity contribution < 1.29 is 9.59 Å². The second-order valence-corrected chi connectivity index (χ2v) is 9.77. The molecule has 1 aliphatic rings. The third kappa shape index (κ3) is 5.05. The highest BCUT2D eigenvalue weighted by atomic mass is 32.1. The molecule has 1 saturated heterocycles. The molecule has 186 valence electrons. The van der Waals surface area contributed by atoms with Crippen molar-refractivity contribution in [2.45, 2.75) is 6.92 Å². The Morgan fingerprint density at radius 3 is 2.44 bits per heavy atom. The summed E-state index contributed by atoms with van der Waals surface area (Å²) in [7, 11) is 2.13. The molecule has 9 nitrogen and oxygen atoms in total. The minimum absolute atomic E-state index is 0.222. The lowest BCUT2D eigenvalue weighted by molar-refractivity contribution is 0.0952. The van der Waals surface area contributed by atoms with Gasteiger partial charge in [0.25, 0.3) is 11.8 Å². The van der Waals surface area contributed by atoms with Gasteiger partial charge in [-0.15, -0.1) is 11.3 Å². The topological polar surface area (TPSA) is 96.6 Å². The Kier molecular flexibility index (Phi) is 6.88. The maximum Gasteiger partial charge on any atom is 0.279 e. The van der Waals surface area contributed by atoms with Crippen LogP contribution in [-0.4, -0.2) is 66.7 Å². The maximum absolute atomic E-state index is 12.9. The number of aromatic nitrogens is 2. The molecule has 0 saturated carbocycles. The Balaban J connectivity index is 1.26. The number of likely N-dealkylation sites (N-methyl/N-ethyl adjacent to an activating group) is 1. The summed E-state index contributed by atoms with van der Waals surface area (Å²) in [4.78, 5) is 31.6. The normalized spacial score (nSPS) is 14.1. The molecule has 3 N–H and O–H groups in total. The van der Waals surface area contributed by atoms with Gasteiger partial charge in [-0.2, -0.15) is 5.10 Å². The summed E-state index contributed by atoms with van der Waals surface area (Å²) in [5.41, 5.74) is 5.53. The molecule has 0 atom stereocenters. The predicted octanol–water partition coefficient (Wildman–Crippen LogP) is 3.80. The highest BCUT2D eigenvalue weighted by molar-refractivity contribution is 7.20. The first kappa shape index (κ1) is 23.8. The van der Waals surface area contributed by atoms with Crippen LogP contribution in [-0.2, 0) is 0 Å². The number of benzene rings is 2. The van der Waals surface area contributed by atoms with Crippen molar-refractivity contribution in [2.24, 2.45) is 0 Å². The molecule has 3 heterocycles. The molecule has 0 spiro atoms. The van der Waals surface area contributed by atoms with E-state index in [0.29, 0.717) is 33.0 Å². The zero-order valence-corrected chi connectivity index (χ0v) is 21.1. The Bertz CT molecular complexity index is 1340. The first-order chi connectivity index (χ1) is 17.5. The lowest BCUT2D eigenvalue weighted by Gasteiger charge is -2.34. The molecule has 1 aliphatic heterocycles. The highest BCUT2D eigenvalue weighted by Gasteiger charge is 2.19. The Hall–Kier alpha value is -3.89. The maximum atomic E-state index is 12.9. The number of hydrogen-bond acceptors (Lipinski definition) is 7. The molecule has 2 amide bonds. The summed E-state index contributed by atoms with van der Waals surface area (Å²) in [6, 6.07) is 19.1. The van der Waals surface area contributed by atoms with Gasteiger partial charge in [-0.3, -0.25) is 25.1 Å². The van der Waals surface area contributed by atoms with Gasteiger partial charge in [0.2, 0.25) is 0 Å². The van der Waals surface area contributed by atoms with Crippen LogP contribution in [0.5, 0.6) is 0 Å². The minimum atomic E-state index is -0.232. The summed E-state index contributed by atoms with van der Waals surface area (Å²) in [5, 5.41) is 12.6. The van der Waals surface area contributed by atoms with Crippen LogP contribution >= 0.6 is 11.3 Å². The number of aromatic amines is 1. The van der Waals surface area contributed by atoms with Gasteiger partial charge < -0.3 is 15.1 Å². The van der Waals surface area contributed by atoms with Crippen LogP contribution in [0, 0.1) is 0 Å². The van der Waals surface area contributed by atoms with Gasteiger partial charge in [0, 0.05) is 44.0 Å². The lowest BCUT2D eigenvalue weighted by Crippen LogP contribution is -2.44. The fourth-order valence-corrected chi connectivity index (χ4v) is 5.09. The third-order valence-electron chi connectivity index (χ3n) is 6.33. The van der Waals surface area contributed by atoms with Crippen molar-refractivity contribution in [1.29, 1.82) is 0 Å². The van der Waals surface area contributed by atoms with E-state index in [1.165, 1.54) is 11.3 Å². The number of carbonyl (C=O) groups excluding carboxylic acids is 2. The number of thiophene rings is 1. The SMILES string of the molecule is CCN(NC(=O)c1cc2c(NC(=O)c3ccc(N4CCN(C)CC4)cc3)[nH]nc2s1)c1ccccc1. The van der Waals surface area contributed by atoms with E-state index in [4.69, 9.17) is 0 Å². The van der Waals surface area contributed by atoms with Gasteiger partial charge in [0.1, 0.15) is 10.6 Å². The Labute approximate surface area is 213 Å². The van der Waals surface area contributed by atoms with E-state index >= 15 is 0 Å². The van der Waals surface area contributed by atoms with Gasteiger partial charge in [-0.05, 0) is 56.4 Å². The van der Waals surface area contributed by atoms with Crippen LogP contribution in [0.2, 0.25) is 0 Å². The van der Waals surface area contributed by atoms with Crippen molar-refractivity contribution in [1.82, 2.24) is 20.5 Å². The van der Waals surface area contributed by atoms with Crippen molar-refractivity contribution in [3.63, 3.8) is 0 Å². The van der Waals surface area contributed by atoms with Crippen LogP contribution < -0.4 is 20.7 Å². The standard InChI is InChI=1S/C26H29N7O2S/c1-3-33(20-7-5-4-6-8-20)30-25(35)22-17-21-23(28-29-26(21)36-22)27-24(34)18-9-11-19(12-10-18)32-15-13-31(2)14-16-32/h4-12,17H,3,13-16H2,1-2H3,(H,30,35)(H2,27,28,29,34). The smallest absolute Gasteiger partial charge is 0.279 e. The molecule has 2 aromatic heterocycles. The molecule has 10 heteroatoms. The van der Waals surface area contributed by atoms with Crippen molar-refractivity contribution in [3.05, 3.63) is 71.1 Å². The zero-order chi connectivity index (χ0) is 25.1. The largest absolute Gasteiger partial charge is 0.369 e. The zero-order valence-electron chi connectivity index (χ0n) is 20.3. The number of H-pyrrole nitrogens is 1. The number of fused-ring (bicyclic) bond motifs is 1. The number of carbonyl (C=O) groups is 2. The number of hydrazine groups is 1. The van der Waals surface area contributed by atoms with Crippen molar-refractivity contribution in [3.8, 4) is 0 Å². The van der Waals surface area contributed by atoms with E-state index < -0.39 is 0 Å². The Morgan fingerprint density at radius 2 is 1.75 bits per heavy atom. The number of piperazine rings is 1. The van der Waals surface area contributed by atoms with Crippen molar-refractivity contribution >= 4 is 50.6 Å². The number of nitrogens with one attached hydrogen (secondary N) is 3. The van der Waals surface area contributed by atoms with Crippen LogP contribution in [0.25, 0.3) is 10.2 Å². The van der Waals surface area contributed by atoms with E-state index in [9.17, 15) is 9.59 Å². The summed E-state index contributed by atoms with van der Waals surface area (Å²) >= 11 is 1.27. The fraction of sp³-hybridized carbons (Fsp3) is 0.269. The molecule has 4 aromatic rings. The first-order valence-electron chi connectivity index (χ1n) is 12.0. The van der Waals surface area contributed by atoms with Crippen molar-refractivity contribution in [2.75, 3.05) is 55.0 Å². The molecule has 5 rings (SSSR count). The molecule has 0 unspecified atom stereocenters. The van der Waals surface area contributed by atoms with E-state index in [1.807, 2.05) is 61.5 Å². The summed E-state index contributed by atoms with van der Waals surface area (Å²) in [6.45, 7) is 6.60. The van der Waals surface area contributed by atoms with E-state index in [1.54, 1.807) is 11.1 Å².